The van der Waals surface area contributed by atoms with Crippen LogP contribution in [-0.4, -0.2) is 26.4 Å². The molecule has 3 aromatic rings. The number of aromatic nitrogens is 3. The molecular weight excluding hydrogens is 432 g/mol. The first-order valence-electron chi connectivity index (χ1n) is 11.5. The molecule has 0 aliphatic heterocycles. The van der Waals surface area contributed by atoms with E-state index in [1.165, 1.54) is 17.3 Å². The van der Waals surface area contributed by atoms with Gasteiger partial charge in [0.2, 0.25) is 5.91 Å². The summed E-state index contributed by atoms with van der Waals surface area (Å²) in [6.07, 6.45) is -0.266. The van der Waals surface area contributed by atoms with Crippen LogP contribution in [0.25, 0.3) is 0 Å². The number of benzene rings is 2. The molecule has 3 rings (SSSR count). The molecule has 0 saturated carbocycles. The quantitative estimate of drug-likeness (QED) is 0.372. The fourth-order valence-electron chi connectivity index (χ4n) is 3.53. The predicted molar refractivity (Wildman–Crippen MR) is 133 cm³/mol. The lowest BCUT2D eigenvalue weighted by molar-refractivity contribution is -0.118. The van der Waals surface area contributed by atoms with E-state index in [0.717, 1.165) is 28.8 Å². The Bertz CT molecular complexity index is 1030. The Labute approximate surface area is 201 Å². The molecule has 33 heavy (non-hydrogen) atoms. The van der Waals surface area contributed by atoms with E-state index >= 15 is 0 Å². The summed E-state index contributed by atoms with van der Waals surface area (Å²) in [6, 6.07) is 18.0. The molecule has 0 radical (unpaired) electrons. The van der Waals surface area contributed by atoms with Gasteiger partial charge in [0.15, 0.2) is 17.1 Å². The van der Waals surface area contributed by atoms with Crippen molar-refractivity contribution in [3.63, 3.8) is 0 Å². The molecule has 1 amide bonds. The normalized spacial score (nSPS) is 12.2. The van der Waals surface area contributed by atoms with E-state index in [1.807, 2.05) is 55.5 Å². The van der Waals surface area contributed by atoms with E-state index in [0.29, 0.717) is 18.4 Å². The van der Waals surface area contributed by atoms with Crippen molar-refractivity contribution in [3.8, 4) is 5.75 Å². The Hall–Kier alpha value is -2.80. The van der Waals surface area contributed by atoms with Crippen LogP contribution in [0.5, 0.6) is 5.75 Å². The third-order valence-corrected chi connectivity index (χ3v) is 6.13. The molecule has 0 aliphatic rings. The van der Waals surface area contributed by atoms with E-state index in [2.05, 4.69) is 53.8 Å². The van der Waals surface area contributed by atoms with Crippen molar-refractivity contribution in [1.82, 2.24) is 20.1 Å². The number of hydrogen-bond donors (Lipinski definition) is 1. The van der Waals surface area contributed by atoms with E-state index in [4.69, 9.17) is 4.74 Å². The zero-order valence-corrected chi connectivity index (χ0v) is 20.9. The monoisotopic (exact) mass is 466 g/mol. The number of ether oxygens (including phenoxy) is 1. The average molecular weight is 467 g/mol. The maximum absolute atomic E-state index is 12.4. The average Bonchev–Trinajstić information content (AvgIpc) is 3.19. The summed E-state index contributed by atoms with van der Waals surface area (Å²) >= 11 is 1.41. The highest BCUT2D eigenvalue weighted by Crippen LogP contribution is 2.31. The molecule has 1 unspecified atom stereocenters. The van der Waals surface area contributed by atoms with Gasteiger partial charge in [0.05, 0.1) is 5.75 Å². The Morgan fingerprint density at radius 1 is 1.00 bits per heavy atom. The van der Waals surface area contributed by atoms with Gasteiger partial charge in [-0.05, 0) is 36.0 Å². The second-order valence-corrected chi connectivity index (χ2v) is 9.79. The van der Waals surface area contributed by atoms with Crippen LogP contribution in [0.1, 0.15) is 63.6 Å². The Kier molecular flexibility index (Phi) is 8.95. The van der Waals surface area contributed by atoms with Gasteiger partial charge in [0.25, 0.3) is 0 Å². The summed E-state index contributed by atoms with van der Waals surface area (Å²) in [6.45, 7) is 11.9. The van der Waals surface area contributed by atoms with Crippen molar-refractivity contribution in [2.45, 2.75) is 64.9 Å². The minimum Gasteiger partial charge on any atom is -0.482 e. The number of amides is 1. The van der Waals surface area contributed by atoms with Crippen LogP contribution < -0.4 is 10.1 Å². The van der Waals surface area contributed by atoms with Crippen molar-refractivity contribution in [2.75, 3.05) is 5.75 Å². The highest BCUT2D eigenvalue weighted by atomic mass is 32.2. The second-order valence-electron chi connectivity index (χ2n) is 8.85. The zero-order valence-electron chi connectivity index (χ0n) is 20.1. The molecule has 176 valence electrons. The van der Waals surface area contributed by atoms with Crippen molar-refractivity contribution >= 4 is 17.7 Å². The summed E-state index contributed by atoms with van der Waals surface area (Å²) in [5.41, 5.74) is 2.25. The second kappa shape index (κ2) is 11.9. The number of thioether (sulfide) groups is 1. The topological polar surface area (TPSA) is 69.0 Å². The number of nitrogens with one attached hydrogen (secondary N) is 1. The Morgan fingerprint density at radius 3 is 2.39 bits per heavy atom. The molecular formula is C26H34N4O2S. The Morgan fingerprint density at radius 2 is 1.70 bits per heavy atom. The Balaban J connectivity index is 1.68. The van der Waals surface area contributed by atoms with Gasteiger partial charge in [0, 0.05) is 13.1 Å². The van der Waals surface area contributed by atoms with Crippen LogP contribution in [0.4, 0.5) is 0 Å². The number of rotatable bonds is 11. The fraction of sp³-hybridized carbons (Fsp3) is 0.423. The number of para-hydroxylation sites is 1. The molecule has 0 bridgehead atoms. The van der Waals surface area contributed by atoms with Crippen LogP contribution in [0, 0.1) is 5.92 Å². The molecule has 0 aliphatic carbocycles. The summed E-state index contributed by atoms with van der Waals surface area (Å²) in [7, 11) is 0. The molecule has 0 saturated heterocycles. The van der Waals surface area contributed by atoms with Gasteiger partial charge in [-0.1, -0.05) is 88.0 Å². The van der Waals surface area contributed by atoms with E-state index in [1.54, 1.807) is 0 Å². The standard InChI is InChI=1S/C26H34N4O2S/c1-18(2)16-30-25(20(5)32-23-14-10-9-13-22(23)19(3)4)28-29-26(30)33-17-24(31)27-15-21-11-7-6-8-12-21/h6-14,18-20H,15-17H2,1-5H3,(H,27,31). The molecule has 1 aromatic heterocycles. The van der Waals surface area contributed by atoms with Crippen LogP contribution in [-0.2, 0) is 17.9 Å². The van der Waals surface area contributed by atoms with Gasteiger partial charge >= 0.3 is 0 Å². The van der Waals surface area contributed by atoms with Crippen molar-refractivity contribution < 1.29 is 9.53 Å². The summed E-state index contributed by atoms with van der Waals surface area (Å²) in [4.78, 5) is 12.4. The minimum absolute atomic E-state index is 0.0281. The smallest absolute Gasteiger partial charge is 0.230 e. The highest BCUT2D eigenvalue weighted by molar-refractivity contribution is 7.99. The van der Waals surface area contributed by atoms with Crippen LogP contribution in [0.15, 0.2) is 59.8 Å². The molecule has 1 heterocycles. The molecule has 0 spiro atoms. The summed E-state index contributed by atoms with van der Waals surface area (Å²) in [5, 5.41) is 12.5. The third-order valence-electron chi connectivity index (χ3n) is 5.17. The SMILES string of the molecule is CC(C)Cn1c(SCC(=O)NCc2ccccc2)nnc1C(C)Oc1ccccc1C(C)C. The van der Waals surface area contributed by atoms with Crippen molar-refractivity contribution in [2.24, 2.45) is 5.92 Å². The molecule has 6 nitrogen and oxygen atoms in total. The van der Waals surface area contributed by atoms with Gasteiger partial charge in [-0.3, -0.25) is 4.79 Å². The molecule has 1 N–H and O–H groups in total. The first kappa shape index (κ1) is 24.8. The number of carbonyl (C=O) groups is 1. The van der Waals surface area contributed by atoms with Crippen LogP contribution in [0.2, 0.25) is 0 Å². The summed E-state index contributed by atoms with van der Waals surface area (Å²) < 4.78 is 8.42. The fourth-order valence-corrected chi connectivity index (χ4v) is 4.31. The maximum Gasteiger partial charge on any atom is 0.230 e. The zero-order chi connectivity index (χ0) is 23.8. The number of nitrogens with zero attached hydrogens (tertiary/aromatic N) is 3. The first-order valence-corrected chi connectivity index (χ1v) is 12.5. The lowest BCUT2D eigenvalue weighted by atomic mass is 10.0. The van der Waals surface area contributed by atoms with Gasteiger partial charge in [-0.15, -0.1) is 10.2 Å². The van der Waals surface area contributed by atoms with Crippen molar-refractivity contribution in [3.05, 3.63) is 71.5 Å². The van der Waals surface area contributed by atoms with Gasteiger partial charge in [-0.2, -0.15) is 0 Å². The van der Waals surface area contributed by atoms with Crippen LogP contribution >= 0.6 is 11.8 Å². The number of hydrogen-bond acceptors (Lipinski definition) is 5. The maximum atomic E-state index is 12.4. The lowest BCUT2D eigenvalue weighted by Gasteiger charge is -2.20. The minimum atomic E-state index is -0.266. The molecule has 7 heteroatoms. The van der Waals surface area contributed by atoms with E-state index in [-0.39, 0.29) is 17.8 Å². The summed E-state index contributed by atoms with van der Waals surface area (Å²) in [5.74, 6) is 2.67. The van der Waals surface area contributed by atoms with Crippen molar-refractivity contribution in [1.29, 1.82) is 0 Å². The van der Waals surface area contributed by atoms with E-state index in [9.17, 15) is 4.79 Å². The lowest BCUT2D eigenvalue weighted by Crippen LogP contribution is -2.24. The van der Waals surface area contributed by atoms with Gasteiger partial charge in [0.1, 0.15) is 5.75 Å². The van der Waals surface area contributed by atoms with Gasteiger partial charge < -0.3 is 14.6 Å². The first-order chi connectivity index (χ1) is 15.8. The molecule has 0 fully saturated rings. The highest BCUT2D eigenvalue weighted by Gasteiger charge is 2.22. The van der Waals surface area contributed by atoms with Crippen LogP contribution in [0.3, 0.4) is 0 Å². The largest absolute Gasteiger partial charge is 0.482 e. The third kappa shape index (κ3) is 7.09. The predicted octanol–water partition coefficient (Wildman–Crippen LogP) is 5.61. The van der Waals surface area contributed by atoms with Gasteiger partial charge in [-0.25, -0.2) is 0 Å². The number of carbonyl (C=O) groups excluding carboxylic acids is 1. The molecule has 2 aromatic carbocycles. The molecule has 1 atom stereocenters. The van der Waals surface area contributed by atoms with E-state index < -0.39 is 0 Å².